The Hall–Kier alpha value is -0.470. The standard InChI is InChI=1S/C26H37ClN2O3S.2ClH/c1-32-19-6-7-23-21(14-19)25(22(27)16-29-23)24(31)8-10-26(17-30)11-12-28-18(15-26)9-13-33-20-4-2-3-5-20;;/h6-7,14,16,18,20,24,28,30-31H,2-5,8-13,15,17H2,1H3;2*1H/t18-,24-,26?;;/m1../s1. The highest BCUT2D eigenvalue weighted by Crippen LogP contribution is 2.41. The SMILES string of the molecule is COc1ccc2ncc(Cl)c([C@H](O)CCC3(CO)CCN[C@H](CCSC4CCCC4)C3)c2c1.Cl.Cl. The second kappa shape index (κ2) is 14.5. The number of methoxy groups -OCH3 is 1. The van der Waals surface area contributed by atoms with Crippen molar-refractivity contribution in [2.45, 2.75) is 75.2 Å². The quantitative estimate of drug-likeness (QED) is 0.312. The number of benzene rings is 1. The van der Waals surface area contributed by atoms with Gasteiger partial charge in [0.15, 0.2) is 0 Å². The number of halogens is 3. The summed E-state index contributed by atoms with van der Waals surface area (Å²) in [6, 6.07) is 6.07. The summed E-state index contributed by atoms with van der Waals surface area (Å²) in [6.45, 7) is 1.08. The highest BCUT2D eigenvalue weighted by atomic mass is 35.5. The number of fused-ring (bicyclic) bond motifs is 1. The van der Waals surface area contributed by atoms with Crippen LogP contribution in [0.4, 0.5) is 0 Å². The zero-order chi connectivity index (χ0) is 23.3. The fourth-order valence-electron chi connectivity index (χ4n) is 5.54. The van der Waals surface area contributed by atoms with Crippen molar-refractivity contribution in [3.63, 3.8) is 0 Å². The molecule has 0 amide bonds. The lowest BCUT2D eigenvalue weighted by atomic mass is 9.72. The van der Waals surface area contributed by atoms with Crippen LogP contribution < -0.4 is 10.1 Å². The third-order valence-corrected chi connectivity index (χ3v) is 9.29. The number of hydrogen-bond donors (Lipinski definition) is 3. The van der Waals surface area contributed by atoms with Gasteiger partial charge in [-0.25, -0.2) is 0 Å². The third-order valence-electron chi connectivity index (χ3n) is 7.57. The first-order valence-corrected chi connectivity index (χ1v) is 13.7. The van der Waals surface area contributed by atoms with Gasteiger partial charge in [0.05, 0.1) is 23.8 Å². The van der Waals surface area contributed by atoms with Gasteiger partial charge >= 0.3 is 0 Å². The van der Waals surface area contributed by atoms with E-state index in [0.29, 0.717) is 28.8 Å². The van der Waals surface area contributed by atoms with Crippen molar-refractivity contribution in [1.82, 2.24) is 10.3 Å². The lowest BCUT2D eigenvalue weighted by Gasteiger charge is -2.41. The minimum atomic E-state index is -0.718. The van der Waals surface area contributed by atoms with E-state index in [9.17, 15) is 10.2 Å². The number of aromatic nitrogens is 1. The predicted octanol–water partition coefficient (Wildman–Crippen LogP) is 6.35. The van der Waals surface area contributed by atoms with Crippen molar-refractivity contribution >= 4 is 59.1 Å². The molecule has 1 saturated carbocycles. The van der Waals surface area contributed by atoms with Crippen molar-refractivity contribution in [1.29, 1.82) is 0 Å². The van der Waals surface area contributed by atoms with E-state index >= 15 is 0 Å². The zero-order valence-electron chi connectivity index (χ0n) is 20.4. The molecule has 2 aliphatic rings. The van der Waals surface area contributed by atoms with Crippen LogP contribution in [-0.2, 0) is 0 Å². The number of nitrogens with zero attached hydrogens (tertiary/aromatic N) is 1. The Kier molecular flexibility index (Phi) is 12.7. The van der Waals surface area contributed by atoms with Crippen LogP contribution in [0.25, 0.3) is 10.9 Å². The van der Waals surface area contributed by atoms with E-state index in [4.69, 9.17) is 16.3 Å². The summed E-state index contributed by atoms with van der Waals surface area (Å²) >= 11 is 8.63. The number of ether oxygens (including phenoxy) is 1. The summed E-state index contributed by atoms with van der Waals surface area (Å²) in [5.74, 6) is 1.90. The summed E-state index contributed by atoms with van der Waals surface area (Å²) in [5.41, 5.74) is 1.34. The Morgan fingerprint density at radius 2 is 2.06 bits per heavy atom. The zero-order valence-corrected chi connectivity index (χ0v) is 23.6. The van der Waals surface area contributed by atoms with Gasteiger partial charge in [0.2, 0.25) is 0 Å². The van der Waals surface area contributed by atoms with E-state index in [1.165, 1.54) is 31.4 Å². The van der Waals surface area contributed by atoms with Crippen molar-refractivity contribution in [2.24, 2.45) is 5.41 Å². The van der Waals surface area contributed by atoms with Gasteiger partial charge in [-0.2, -0.15) is 11.8 Å². The van der Waals surface area contributed by atoms with Crippen LogP contribution in [0, 0.1) is 5.41 Å². The minimum absolute atomic E-state index is 0. The molecular weight excluding hydrogens is 527 g/mol. The van der Waals surface area contributed by atoms with Crippen LogP contribution in [0.5, 0.6) is 5.75 Å². The highest BCUT2D eigenvalue weighted by Gasteiger charge is 2.36. The molecule has 198 valence electrons. The molecule has 5 nitrogen and oxygen atoms in total. The fraction of sp³-hybridized carbons (Fsp3) is 0.654. The smallest absolute Gasteiger partial charge is 0.119 e. The fourth-order valence-corrected chi connectivity index (χ4v) is 7.24. The molecule has 0 spiro atoms. The van der Waals surface area contributed by atoms with Crippen LogP contribution in [0.3, 0.4) is 0 Å². The Bertz CT molecular complexity index is 932. The number of piperidine rings is 1. The Morgan fingerprint density at radius 1 is 1.29 bits per heavy atom. The van der Waals surface area contributed by atoms with E-state index < -0.39 is 6.10 Å². The number of aliphatic hydroxyl groups is 2. The summed E-state index contributed by atoms with van der Waals surface area (Å²) in [5, 5.41) is 27.4. The number of hydrogen-bond acceptors (Lipinski definition) is 6. The Labute approximate surface area is 231 Å². The molecular formula is C26H39Cl3N2O3S. The van der Waals surface area contributed by atoms with Gasteiger partial charge in [-0.05, 0) is 80.9 Å². The summed E-state index contributed by atoms with van der Waals surface area (Å²) in [7, 11) is 1.63. The number of aliphatic hydroxyl groups excluding tert-OH is 2. The van der Waals surface area contributed by atoms with Crippen LogP contribution in [0.1, 0.15) is 69.5 Å². The van der Waals surface area contributed by atoms with Crippen LogP contribution in [0.15, 0.2) is 24.4 Å². The number of rotatable bonds is 10. The molecule has 2 heterocycles. The van der Waals surface area contributed by atoms with Crippen molar-refractivity contribution in [3.05, 3.63) is 35.0 Å². The molecule has 9 heteroatoms. The predicted molar refractivity (Wildman–Crippen MR) is 152 cm³/mol. The highest BCUT2D eigenvalue weighted by molar-refractivity contribution is 7.99. The van der Waals surface area contributed by atoms with E-state index in [2.05, 4.69) is 22.1 Å². The maximum absolute atomic E-state index is 11.2. The third kappa shape index (κ3) is 7.76. The molecule has 1 aliphatic carbocycles. The maximum Gasteiger partial charge on any atom is 0.119 e. The van der Waals surface area contributed by atoms with Gasteiger partial charge in [0.25, 0.3) is 0 Å². The van der Waals surface area contributed by atoms with Crippen LogP contribution in [-0.4, -0.2) is 52.5 Å². The molecule has 2 fully saturated rings. The second-order valence-electron chi connectivity index (χ2n) is 9.79. The molecule has 2 aromatic rings. The van der Waals surface area contributed by atoms with Gasteiger partial charge in [0, 0.05) is 35.0 Å². The first kappa shape index (κ1) is 30.8. The number of thioether (sulfide) groups is 1. The second-order valence-corrected chi connectivity index (χ2v) is 11.6. The van der Waals surface area contributed by atoms with Gasteiger partial charge < -0.3 is 20.3 Å². The normalized spacial score (nSPS) is 23.5. The van der Waals surface area contributed by atoms with E-state index in [1.807, 2.05) is 18.2 Å². The van der Waals surface area contributed by atoms with Gasteiger partial charge in [-0.3, -0.25) is 4.98 Å². The topological polar surface area (TPSA) is 74.6 Å². The van der Waals surface area contributed by atoms with Crippen molar-refractivity contribution < 1.29 is 14.9 Å². The maximum atomic E-state index is 11.2. The Balaban J connectivity index is 0.00000216. The minimum Gasteiger partial charge on any atom is -0.497 e. The van der Waals surface area contributed by atoms with Gasteiger partial charge in [-0.1, -0.05) is 24.4 Å². The molecule has 1 saturated heterocycles. The van der Waals surface area contributed by atoms with Crippen molar-refractivity contribution in [3.8, 4) is 5.75 Å². The monoisotopic (exact) mass is 564 g/mol. The molecule has 1 unspecified atom stereocenters. The summed E-state index contributed by atoms with van der Waals surface area (Å²) in [6.07, 6.45) is 10.8. The first-order valence-electron chi connectivity index (χ1n) is 12.3. The molecule has 3 N–H and O–H groups in total. The Morgan fingerprint density at radius 3 is 2.77 bits per heavy atom. The average molecular weight is 566 g/mol. The molecule has 1 aromatic heterocycles. The van der Waals surface area contributed by atoms with Crippen molar-refractivity contribution in [2.75, 3.05) is 26.0 Å². The first-order chi connectivity index (χ1) is 16.0. The lowest BCUT2D eigenvalue weighted by Crippen LogP contribution is -2.46. The molecule has 0 radical (unpaired) electrons. The number of pyridine rings is 1. The van der Waals surface area contributed by atoms with Gasteiger partial charge in [0.1, 0.15) is 5.75 Å². The van der Waals surface area contributed by atoms with Crippen LogP contribution in [0.2, 0.25) is 5.02 Å². The summed E-state index contributed by atoms with van der Waals surface area (Å²) < 4.78 is 5.37. The molecule has 1 aromatic carbocycles. The molecule has 0 bridgehead atoms. The lowest BCUT2D eigenvalue weighted by molar-refractivity contribution is 0.0434. The molecule has 1 aliphatic heterocycles. The van der Waals surface area contributed by atoms with Crippen LogP contribution >= 0.6 is 48.2 Å². The molecule has 4 rings (SSSR count). The largest absolute Gasteiger partial charge is 0.497 e. The molecule has 35 heavy (non-hydrogen) atoms. The average Bonchev–Trinajstić information content (AvgIpc) is 3.36. The van der Waals surface area contributed by atoms with E-state index in [0.717, 1.165) is 48.4 Å². The van der Waals surface area contributed by atoms with E-state index in [-0.39, 0.29) is 36.8 Å². The van der Waals surface area contributed by atoms with Gasteiger partial charge in [-0.15, -0.1) is 24.8 Å². The summed E-state index contributed by atoms with van der Waals surface area (Å²) in [4.78, 5) is 4.40. The number of nitrogens with one attached hydrogen (secondary N) is 1. The molecule has 3 atom stereocenters. The van der Waals surface area contributed by atoms with E-state index in [1.54, 1.807) is 13.3 Å².